The Morgan fingerprint density at radius 2 is 2.16 bits per heavy atom. The van der Waals surface area contributed by atoms with Crippen LogP contribution in [0.15, 0.2) is 35.7 Å². The van der Waals surface area contributed by atoms with Gasteiger partial charge in [0.15, 0.2) is 0 Å². The molecular weight excluding hydrogens is 283 g/mol. The third kappa shape index (κ3) is 3.08. The fourth-order valence-electron chi connectivity index (χ4n) is 2.14. The maximum Gasteiger partial charge on any atom is 0.146 e. The Labute approximate surface area is 121 Å². The van der Waals surface area contributed by atoms with Crippen LogP contribution in [-0.4, -0.2) is 13.1 Å². The molecule has 1 heterocycles. The van der Waals surface area contributed by atoms with Crippen LogP contribution in [0.4, 0.5) is 10.1 Å². The minimum Gasteiger partial charge on any atom is -0.360 e. The van der Waals surface area contributed by atoms with E-state index < -0.39 is 0 Å². The SMILES string of the molecule is CCN(c1ccccc1F)C(CN)c1cc(Cl)cs1. The summed E-state index contributed by atoms with van der Waals surface area (Å²) >= 11 is 7.51. The highest BCUT2D eigenvalue weighted by atomic mass is 35.5. The summed E-state index contributed by atoms with van der Waals surface area (Å²) in [5.41, 5.74) is 6.45. The first kappa shape index (κ1) is 14.3. The van der Waals surface area contributed by atoms with E-state index in [1.54, 1.807) is 23.5 Å². The molecule has 0 aliphatic carbocycles. The highest BCUT2D eigenvalue weighted by Gasteiger charge is 2.21. The molecule has 5 heteroatoms. The van der Waals surface area contributed by atoms with Gasteiger partial charge in [-0.15, -0.1) is 11.3 Å². The van der Waals surface area contributed by atoms with Crippen LogP contribution in [0.3, 0.4) is 0 Å². The van der Waals surface area contributed by atoms with Crippen molar-refractivity contribution < 1.29 is 4.39 Å². The highest BCUT2D eigenvalue weighted by molar-refractivity contribution is 7.10. The Hall–Kier alpha value is -1.10. The molecule has 1 atom stereocenters. The molecule has 2 aromatic rings. The van der Waals surface area contributed by atoms with Crippen LogP contribution in [0.5, 0.6) is 0 Å². The molecule has 0 saturated carbocycles. The van der Waals surface area contributed by atoms with Gasteiger partial charge in [0.25, 0.3) is 0 Å². The van der Waals surface area contributed by atoms with E-state index in [1.807, 2.05) is 29.3 Å². The van der Waals surface area contributed by atoms with Gasteiger partial charge in [0.05, 0.1) is 16.8 Å². The molecule has 0 radical (unpaired) electrons. The first-order valence-electron chi connectivity index (χ1n) is 6.12. The smallest absolute Gasteiger partial charge is 0.146 e. The Bertz CT molecular complexity index is 544. The second kappa shape index (κ2) is 6.37. The molecule has 2 nitrogen and oxygen atoms in total. The summed E-state index contributed by atoms with van der Waals surface area (Å²) in [5.74, 6) is -0.231. The molecule has 1 aromatic heterocycles. The fourth-order valence-corrected chi connectivity index (χ4v) is 3.35. The average Bonchev–Trinajstić information content (AvgIpc) is 2.83. The van der Waals surface area contributed by atoms with Crippen LogP contribution in [0, 0.1) is 5.82 Å². The van der Waals surface area contributed by atoms with Gasteiger partial charge in [-0.05, 0) is 25.1 Å². The summed E-state index contributed by atoms with van der Waals surface area (Å²) < 4.78 is 13.9. The Balaban J connectivity index is 2.37. The lowest BCUT2D eigenvalue weighted by Crippen LogP contribution is -2.33. The summed E-state index contributed by atoms with van der Waals surface area (Å²) in [4.78, 5) is 3.02. The summed E-state index contributed by atoms with van der Waals surface area (Å²) in [7, 11) is 0. The number of nitrogens with zero attached hydrogens (tertiary/aromatic N) is 1. The quantitative estimate of drug-likeness (QED) is 0.901. The van der Waals surface area contributed by atoms with Crippen LogP contribution < -0.4 is 10.6 Å². The van der Waals surface area contributed by atoms with Crippen LogP contribution in [0.2, 0.25) is 5.02 Å². The molecule has 0 amide bonds. The van der Waals surface area contributed by atoms with Crippen molar-refractivity contribution in [1.82, 2.24) is 0 Å². The number of anilines is 1. The molecule has 0 fully saturated rings. The van der Waals surface area contributed by atoms with E-state index in [0.29, 0.717) is 23.8 Å². The van der Waals surface area contributed by atoms with Crippen LogP contribution in [-0.2, 0) is 0 Å². The van der Waals surface area contributed by atoms with E-state index in [0.717, 1.165) is 4.88 Å². The van der Waals surface area contributed by atoms with Crippen molar-refractivity contribution in [2.45, 2.75) is 13.0 Å². The number of likely N-dealkylation sites (N-methyl/N-ethyl adjacent to an activating group) is 1. The minimum atomic E-state index is -0.231. The van der Waals surface area contributed by atoms with E-state index in [4.69, 9.17) is 17.3 Å². The molecule has 0 bridgehead atoms. The third-order valence-electron chi connectivity index (χ3n) is 3.02. The fraction of sp³-hybridized carbons (Fsp3) is 0.286. The molecule has 0 spiro atoms. The molecule has 1 aromatic carbocycles. The number of hydrogen-bond acceptors (Lipinski definition) is 3. The number of hydrogen-bond donors (Lipinski definition) is 1. The summed E-state index contributed by atoms with van der Waals surface area (Å²) in [6, 6.07) is 8.60. The van der Waals surface area contributed by atoms with Gasteiger partial charge in [0, 0.05) is 23.3 Å². The van der Waals surface area contributed by atoms with Crippen molar-refractivity contribution in [2.75, 3.05) is 18.0 Å². The minimum absolute atomic E-state index is 0.0561. The number of rotatable bonds is 5. The standard InChI is InChI=1S/C14H16ClFN2S/c1-2-18(12-6-4-3-5-11(12)16)13(8-17)14-7-10(15)9-19-14/h3-7,9,13H,2,8,17H2,1H3. The Morgan fingerprint density at radius 3 is 2.68 bits per heavy atom. The van der Waals surface area contributed by atoms with Gasteiger partial charge in [-0.2, -0.15) is 0 Å². The van der Waals surface area contributed by atoms with E-state index in [9.17, 15) is 4.39 Å². The van der Waals surface area contributed by atoms with E-state index in [1.165, 1.54) is 6.07 Å². The van der Waals surface area contributed by atoms with Gasteiger partial charge in [-0.3, -0.25) is 0 Å². The van der Waals surface area contributed by atoms with Crippen molar-refractivity contribution in [3.05, 3.63) is 51.4 Å². The molecule has 19 heavy (non-hydrogen) atoms. The zero-order valence-electron chi connectivity index (χ0n) is 10.6. The second-order valence-electron chi connectivity index (χ2n) is 4.16. The topological polar surface area (TPSA) is 29.3 Å². The molecule has 2 rings (SSSR count). The van der Waals surface area contributed by atoms with Gasteiger partial charge >= 0.3 is 0 Å². The summed E-state index contributed by atoms with van der Waals surface area (Å²) in [5, 5.41) is 2.57. The van der Waals surface area contributed by atoms with Gasteiger partial charge in [-0.1, -0.05) is 23.7 Å². The van der Waals surface area contributed by atoms with Crippen molar-refractivity contribution in [3.8, 4) is 0 Å². The van der Waals surface area contributed by atoms with Crippen molar-refractivity contribution >= 4 is 28.6 Å². The van der Waals surface area contributed by atoms with E-state index >= 15 is 0 Å². The lowest BCUT2D eigenvalue weighted by Gasteiger charge is -2.31. The number of benzene rings is 1. The number of para-hydroxylation sites is 1. The predicted octanol–water partition coefficient (Wildman–Crippen LogP) is 4.07. The molecular formula is C14H16ClFN2S. The monoisotopic (exact) mass is 298 g/mol. The maximum absolute atomic E-state index is 13.9. The second-order valence-corrected chi connectivity index (χ2v) is 5.54. The lowest BCUT2D eigenvalue weighted by atomic mass is 10.1. The molecule has 0 saturated heterocycles. The highest BCUT2D eigenvalue weighted by Crippen LogP contribution is 2.32. The van der Waals surface area contributed by atoms with E-state index in [2.05, 4.69) is 0 Å². The van der Waals surface area contributed by atoms with Gasteiger partial charge in [0.2, 0.25) is 0 Å². The average molecular weight is 299 g/mol. The zero-order valence-corrected chi connectivity index (χ0v) is 12.2. The molecule has 2 N–H and O–H groups in total. The first-order valence-corrected chi connectivity index (χ1v) is 7.38. The van der Waals surface area contributed by atoms with Crippen molar-refractivity contribution in [3.63, 3.8) is 0 Å². The normalized spacial score (nSPS) is 12.4. The number of nitrogens with two attached hydrogens (primary N) is 1. The van der Waals surface area contributed by atoms with Gasteiger partial charge in [-0.25, -0.2) is 4.39 Å². The summed E-state index contributed by atoms with van der Waals surface area (Å²) in [6.07, 6.45) is 0. The lowest BCUT2D eigenvalue weighted by molar-refractivity contribution is 0.592. The van der Waals surface area contributed by atoms with E-state index in [-0.39, 0.29) is 11.9 Å². The Kier molecular flexibility index (Phi) is 4.80. The molecule has 0 aliphatic heterocycles. The molecule has 102 valence electrons. The molecule has 0 aliphatic rings. The predicted molar refractivity (Wildman–Crippen MR) is 80.5 cm³/mol. The third-order valence-corrected chi connectivity index (χ3v) is 4.40. The number of thiophene rings is 1. The molecule has 1 unspecified atom stereocenters. The van der Waals surface area contributed by atoms with Gasteiger partial charge in [0.1, 0.15) is 5.82 Å². The van der Waals surface area contributed by atoms with Crippen LogP contribution >= 0.6 is 22.9 Å². The largest absolute Gasteiger partial charge is 0.360 e. The van der Waals surface area contributed by atoms with Crippen LogP contribution in [0.25, 0.3) is 0 Å². The zero-order chi connectivity index (χ0) is 13.8. The Morgan fingerprint density at radius 1 is 1.42 bits per heavy atom. The van der Waals surface area contributed by atoms with Crippen molar-refractivity contribution in [1.29, 1.82) is 0 Å². The number of halogens is 2. The van der Waals surface area contributed by atoms with Crippen molar-refractivity contribution in [2.24, 2.45) is 5.73 Å². The summed E-state index contributed by atoms with van der Waals surface area (Å²) in [6.45, 7) is 3.08. The maximum atomic E-state index is 13.9. The van der Waals surface area contributed by atoms with Gasteiger partial charge < -0.3 is 10.6 Å². The van der Waals surface area contributed by atoms with Crippen LogP contribution in [0.1, 0.15) is 17.8 Å². The first-order chi connectivity index (χ1) is 9.17.